The van der Waals surface area contributed by atoms with Crippen molar-refractivity contribution in [2.75, 3.05) is 0 Å². The highest BCUT2D eigenvalue weighted by Gasteiger charge is 2.27. The summed E-state index contributed by atoms with van der Waals surface area (Å²) in [5, 5.41) is 17.7. The van der Waals surface area contributed by atoms with Crippen LogP contribution in [0.3, 0.4) is 0 Å². The largest absolute Gasteiger partial charge is 0.456 e. The molecule has 3 aliphatic rings. The van der Waals surface area contributed by atoms with Gasteiger partial charge in [-0.05, 0) is 276 Å². The van der Waals surface area contributed by atoms with Crippen molar-refractivity contribution < 1.29 is 8.83 Å². The number of fused-ring (bicyclic) bond motifs is 17. The minimum atomic E-state index is 0.916. The molecule has 2 nitrogen and oxygen atoms in total. The van der Waals surface area contributed by atoms with Gasteiger partial charge in [0.25, 0.3) is 0 Å². The molecule has 0 radical (unpaired) electrons. The van der Waals surface area contributed by atoms with Crippen molar-refractivity contribution >= 4 is 97.7 Å². The molecule has 0 aliphatic heterocycles. The second kappa shape index (κ2) is 28.8. The first-order valence-corrected chi connectivity index (χ1v) is 42.8. The molecule has 2 heterocycles. The maximum Gasteiger partial charge on any atom is 0.143 e. The first-order chi connectivity index (χ1) is 61.4. The Morgan fingerprint density at radius 3 is 0.839 bits per heavy atom. The van der Waals surface area contributed by atoms with Crippen LogP contribution in [-0.4, -0.2) is 0 Å². The van der Waals surface area contributed by atoms with E-state index >= 15 is 0 Å². The molecule has 0 atom stereocenters. The van der Waals surface area contributed by atoms with Crippen LogP contribution < -0.4 is 0 Å². The molecule has 0 amide bonds. The molecule has 0 saturated heterocycles. The number of furan rings is 2. The molecule has 2 aromatic heterocycles. The molecular formula is C122H74O2. The first-order valence-electron chi connectivity index (χ1n) is 42.8. The van der Waals surface area contributed by atoms with Crippen molar-refractivity contribution in [1.29, 1.82) is 0 Å². The predicted octanol–water partition coefficient (Wildman–Crippen LogP) is 34.6. The van der Waals surface area contributed by atoms with Crippen molar-refractivity contribution in [3.8, 4) is 167 Å². The van der Waals surface area contributed by atoms with E-state index in [1.807, 2.05) is 6.07 Å². The summed E-state index contributed by atoms with van der Waals surface area (Å²) in [6.45, 7) is 0. The fourth-order valence-electron chi connectivity index (χ4n) is 20.3. The summed E-state index contributed by atoms with van der Waals surface area (Å²) in [6, 6.07) is 163. The van der Waals surface area contributed by atoms with E-state index in [0.29, 0.717) is 0 Å². The normalized spacial score (nSPS) is 11.9. The van der Waals surface area contributed by atoms with Crippen LogP contribution in [0.1, 0.15) is 0 Å². The quantitative estimate of drug-likeness (QED) is 0.144. The second-order valence-electron chi connectivity index (χ2n) is 33.1. The number of hydrogen-bond acceptors (Lipinski definition) is 2. The molecular weight excluding hydrogens is 1500 g/mol. The molecule has 3 aliphatic carbocycles. The van der Waals surface area contributed by atoms with E-state index in [4.69, 9.17) is 8.83 Å². The molecule has 27 rings (SSSR count). The van der Waals surface area contributed by atoms with Gasteiger partial charge in [0.15, 0.2) is 0 Å². The Labute approximate surface area is 717 Å². The fraction of sp³-hybridized carbons (Fsp3) is 0. The standard InChI is InChI=1S/C42H26.2C40H24O/c1-2-9-30-24-31(21-18-27(30)8-1)35-23-22-34(36-11-3-4-12-37(35)36)29-19-16-28(17-20-29)33-25-32-10-7-15-40-38-13-5-6-14-39(38)41(26-33)42(32)40;1-2-9-26(10-3-1)30-14-7-17-35-36-18-8-15-31(40(36)41-39(30)35)27-21-19-25(20-22-27)29-23-28-11-6-16-34-32-12-4-5-13-33(32)37(24-29)38(28)34;1-2-7-25(8-3-1)28-17-19-38-35(22-28)36-23-29(18-20-39(36)41-38)26-13-15-27(16-14-26)31-21-30-9-6-12-34-32-10-4-5-11-33(32)37(24-31)40(30)34/h1-26H;2*1-24H. The maximum absolute atomic E-state index is 6.66. The van der Waals surface area contributed by atoms with E-state index in [0.717, 1.165) is 66.1 Å². The zero-order chi connectivity index (χ0) is 81.5. The SMILES string of the molecule is c1ccc(-c2ccc3oc4ccc(-c5ccc(-c6cc7c8c(cccc8c6)-c6ccccc6-7)cc5)cc4c3c2)cc1.c1ccc(-c2cccc3c2oc2c(-c4ccc(-c5cc6c7c(cccc7c5)-c5ccccc5-6)cc4)cccc23)cc1.c1ccc2c(c1)-c1cccc3cc(-c4ccc(-c5ccc(-c6ccc7ccccc7c6)c6ccccc56)cc4)cc-2c13. The average Bonchev–Trinajstić information content (AvgIpc) is 1.56. The lowest BCUT2D eigenvalue weighted by Crippen LogP contribution is -1.87. The monoisotopic (exact) mass is 1570 g/mol. The summed E-state index contributed by atoms with van der Waals surface area (Å²) in [7, 11) is 0. The summed E-state index contributed by atoms with van der Waals surface area (Å²) < 4.78 is 12.9. The summed E-state index contributed by atoms with van der Waals surface area (Å²) >= 11 is 0. The van der Waals surface area contributed by atoms with Gasteiger partial charge in [-0.15, -0.1) is 0 Å². The molecule has 2 heteroatoms. The number of para-hydroxylation sites is 2. The molecule has 22 aromatic carbocycles. The Morgan fingerprint density at radius 2 is 0.395 bits per heavy atom. The van der Waals surface area contributed by atoms with E-state index in [1.54, 1.807) is 0 Å². The summed E-state index contributed by atoms with van der Waals surface area (Å²) in [6.07, 6.45) is 0. The van der Waals surface area contributed by atoms with Gasteiger partial charge in [-0.2, -0.15) is 0 Å². The highest BCUT2D eigenvalue weighted by Crippen LogP contribution is 2.53. The van der Waals surface area contributed by atoms with Crippen molar-refractivity contribution in [1.82, 2.24) is 0 Å². The molecule has 0 saturated carbocycles. The zero-order valence-electron chi connectivity index (χ0n) is 67.5. The van der Waals surface area contributed by atoms with Gasteiger partial charge < -0.3 is 8.83 Å². The lowest BCUT2D eigenvalue weighted by atomic mass is 9.90. The van der Waals surface area contributed by atoms with Crippen molar-refractivity contribution in [2.45, 2.75) is 0 Å². The Kier molecular flexibility index (Phi) is 16.4. The van der Waals surface area contributed by atoms with Crippen LogP contribution in [0.25, 0.3) is 265 Å². The lowest BCUT2D eigenvalue weighted by Gasteiger charge is -2.14. The molecule has 24 aromatic rings. The number of hydrogen-bond donors (Lipinski definition) is 0. The second-order valence-corrected chi connectivity index (χ2v) is 33.1. The van der Waals surface area contributed by atoms with Crippen LogP contribution in [0.2, 0.25) is 0 Å². The van der Waals surface area contributed by atoms with Gasteiger partial charge >= 0.3 is 0 Å². The fourth-order valence-corrected chi connectivity index (χ4v) is 20.3. The Balaban J connectivity index is 0.000000102. The third-order valence-electron chi connectivity index (χ3n) is 26.2. The highest BCUT2D eigenvalue weighted by atomic mass is 16.3. The Morgan fingerprint density at radius 1 is 0.113 bits per heavy atom. The summed E-state index contributed by atoms with van der Waals surface area (Å²) in [5.41, 5.74) is 41.5. The Bertz CT molecular complexity index is 8490. The summed E-state index contributed by atoms with van der Waals surface area (Å²) in [4.78, 5) is 0. The van der Waals surface area contributed by atoms with Gasteiger partial charge in [0.2, 0.25) is 0 Å². The van der Waals surface area contributed by atoms with Gasteiger partial charge in [-0.25, -0.2) is 0 Å². The van der Waals surface area contributed by atoms with Crippen LogP contribution in [0.15, 0.2) is 458 Å². The zero-order valence-corrected chi connectivity index (χ0v) is 67.5. The van der Waals surface area contributed by atoms with Gasteiger partial charge in [0.05, 0.1) is 0 Å². The van der Waals surface area contributed by atoms with Gasteiger partial charge in [0.1, 0.15) is 22.3 Å². The molecule has 0 N–H and O–H groups in total. The van der Waals surface area contributed by atoms with Crippen LogP contribution in [0.4, 0.5) is 0 Å². The summed E-state index contributed by atoms with van der Waals surface area (Å²) in [5.74, 6) is 0. The minimum Gasteiger partial charge on any atom is -0.456 e. The van der Waals surface area contributed by atoms with Crippen LogP contribution in [0, 0.1) is 0 Å². The molecule has 0 fully saturated rings. The maximum atomic E-state index is 6.66. The molecule has 574 valence electrons. The highest BCUT2D eigenvalue weighted by molar-refractivity contribution is 6.21. The number of benzene rings is 22. The van der Waals surface area contributed by atoms with E-state index in [9.17, 15) is 0 Å². The lowest BCUT2D eigenvalue weighted by molar-refractivity contribution is 0.669. The predicted molar refractivity (Wildman–Crippen MR) is 524 cm³/mol. The van der Waals surface area contributed by atoms with E-state index < -0.39 is 0 Å². The topological polar surface area (TPSA) is 26.3 Å². The first kappa shape index (κ1) is 70.7. The molecule has 0 unspecified atom stereocenters. The minimum absolute atomic E-state index is 0.916. The molecule has 124 heavy (non-hydrogen) atoms. The van der Waals surface area contributed by atoms with Crippen molar-refractivity contribution in [3.63, 3.8) is 0 Å². The third-order valence-corrected chi connectivity index (χ3v) is 26.2. The smallest absolute Gasteiger partial charge is 0.143 e. The van der Waals surface area contributed by atoms with Gasteiger partial charge in [-0.1, -0.05) is 382 Å². The van der Waals surface area contributed by atoms with Crippen LogP contribution in [-0.2, 0) is 0 Å². The van der Waals surface area contributed by atoms with Crippen molar-refractivity contribution in [2.24, 2.45) is 0 Å². The third kappa shape index (κ3) is 11.7. The van der Waals surface area contributed by atoms with E-state index in [2.05, 4.69) is 443 Å². The molecule has 0 spiro atoms. The van der Waals surface area contributed by atoms with Gasteiger partial charge in [0, 0.05) is 32.7 Å². The van der Waals surface area contributed by atoms with Gasteiger partial charge in [-0.3, -0.25) is 0 Å². The van der Waals surface area contributed by atoms with Crippen molar-refractivity contribution in [3.05, 3.63) is 449 Å². The van der Waals surface area contributed by atoms with E-state index in [1.165, 1.54) is 199 Å². The number of rotatable bonds is 9. The van der Waals surface area contributed by atoms with E-state index in [-0.39, 0.29) is 0 Å². The Hall–Kier alpha value is -16.3. The molecule has 0 bridgehead atoms. The average molecular weight is 1570 g/mol. The van der Waals surface area contributed by atoms with Crippen LogP contribution in [0.5, 0.6) is 0 Å². The van der Waals surface area contributed by atoms with Crippen LogP contribution >= 0.6 is 0 Å².